The van der Waals surface area contributed by atoms with E-state index in [4.69, 9.17) is 4.42 Å². The normalized spacial score (nSPS) is 12.1. The third kappa shape index (κ3) is 3.54. The number of nitrogens with one attached hydrogen (secondary N) is 1. The van der Waals surface area contributed by atoms with Gasteiger partial charge < -0.3 is 9.73 Å². The van der Waals surface area contributed by atoms with E-state index in [9.17, 15) is 14.0 Å². The fourth-order valence-corrected chi connectivity index (χ4v) is 3.25. The second kappa shape index (κ2) is 7.35. The minimum atomic E-state index is -0.491. The summed E-state index contributed by atoms with van der Waals surface area (Å²) in [6.45, 7) is 3.68. The summed E-state index contributed by atoms with van der Waals surface area (Å²) >= 11 is 0. The van der Waals surface area contributed by atoms with Gasteiger partial charge in [-0.05, 0) is 50.2 Å². The van der Waals surface area contributed by atoms with E-state index >= 15 is 0 Å². The van der Waals surface area contributed by atoms with Gasteiger partial charge >= 0.3 is 0 Å². The van der Waals surface area contributed by atoms with Gasteiger partial charge in [0.15, 0.2) is 11.2 Å². The number of para-hydroxylation sites is 1. The van der Waals surface area contributed by atoms with Crippen LogP contribution in [0.4, 0.5) is 4.39 Å². The highest BCUT2D eigenvalue weighted by Crippen LogP contribution is 2.21. The molecule has 0 radical (unpaired) electrons. The molecule has 7 heteroatoms. The summed E-state index contributed by atoms with van der Waals surface area (Å²) < 4.78 is 20.4. The number of hydrogen-bond donors (Lipinski definition) is 1. The quantitative estimate of drug-likeness (QED) is 0.572. The monoisotopic (exact) mass is 391 g/mol. The first-order valence-corrected chi connectivity index (χ1v) is 9.08. The SMILES string of the molecule is Cc1c(C(C)NC(=O)c2cc(=O)c3ccccc3o2)cnn1-c1ccc(F)cc1. The van der Waals surface area contributed by atoms with Gasteiger partial charge in [-0.1, -0.05) is 12.1 Å². The Labute approximate surface area is 165 Å². The van der Waals surface area contributed by atoms with Gasteiger partial charge in [-0.2, -0.15) is 5.10 Å². The van der Waals surface area contributed by atoms with Crippen LogP contribution in [0.1, 0.15) is 34.8 Å². The van der Waals surface area contributed by atoms with E-state index in [2.05, 4.69) is 10.4 Å². The molecule has 4 rings (SSSR count). The van der Waals surface area contributed by atoms with E-state index in [0.29, 0.717) is 16.7 Å². The lowest BCUT2D eigenvalue weighted by atomic mass is 10.1. The molecule has 146 valence electrons. The highest BCUT2D eigenvalue weighted by Gasteiger charge is 2.19. The Morgan fingerprint density at radius 1 is 1.17 bits per heavy atom. The van der Waals surface area contributed by atoms with Gasteiger partial charge in [0.2, 0.25) is 0 Å². The third-order valence-electron chi connectivity index (χ3n) is 4.79. The first-order chi connectivity index (χ1) is 13.9. The fraction of sp³-hybridized carbons (Fsp3) is 0.136. The topological polar surface area (TPSA) is 77.1 Å². The van der Waals surface area contributed by atoms with Crippen LogP contribution in [-0.4, -0.2) is 15.7 Å². The van der Waals surface area contributed by atoms with Crippen molar-refractivity contribution < 1.29 is 13.6 Å². The van der Waals surface area contributed by atoms with Crippen LogP contribution in [-0.2, 0) is 0 Å². The Hall–Kier alpha value is -3.74. The zero-order chi connectivity index (χ0) is 20.5. The van der Waals surface area contributed by atoms with Gasteiger partial charge in [0.1, 0.15) is 11.4 Å². The molecule has 29 heavy (non-hydrogen) atoms. The van der Waals surface area contributed by atoms with Gasteiger partial charge in [-0.15, -0.1) is 0 Å². The van der Waals surface area contributed by atoms with Crippen molar-refractivity contribution in [1.29, 1.82) is 0 Å². The lowest BCUT2D eigenvalue weighted by Crippen LogP contribution is -2.27. The van der Waals surface area contributed by atoms with Gasteiger partial charge in [-0.3, -0.25) is 9.59 Å². The van der Waals surface area contributed by atoms with Gasteiger partial charge in [0.05, 0.1) is 23.3 Å². The predicted molar refractivity (Wildman–Crippen MR) is 107 cm³/mol. The summed E-state index contributed by atoms with van der Waals surface area (Å²) in [7, 11) is 0. The largest absolute Gasteiger partial charge is 0.451 e. The minimum Gasteiger partial charge on any atom is -0.451 e. The molecule has 0 saturated heterocycles. The average molecular weight is 391 g/mol. The number of amides is 1. The van der Waals surface area contributed by atoms with E-state index < -0.39 is 5.91 Å². The second-order valence-electron chi connectivity index (χ2n) is 6.74. The molecule has 0 bridgehead atoms. The van der Waals surface area contributed by atoms with Crippen molar-refractivity contribution in [3.8, 4) is 5.69 Å². The first-order valence-electron chi connectivity index (χ1n) is 9.08. The van der Waals surface area contributed by atoms with Crippen molar-refractivity contribution in [1.82, 2.24) is 15.1 Å². The Morgan fingerprint density at radius 2 is 1.90 bits per heavy atom. The summed E-state index contributed by atoms with van der Waals surface area (Å²) in [5.41, 5.74) is 2.41. The number of halogens is 1. The van der Waals surface area contributed by atoms with Gasteiger partial charge in [0, 0.05) is 17.3 Å². The fourth-order valence-electron chi connectivity index (χ4n) is 3.25. The summed E-state index contributed by atoms with van der Waals surface area (Å²) in [6.07, 6.45) is 1.65. The van der Waals surface area contributed by atoms with E-state index in [1.807, 2.05) is 13.8 Å². The molecule has 6 nitrogen and oxygen atoms in total. The van der Waals surface area contributed by atoms with E-state index in [1.54, 1.807) is 47.3 Å². The lowest BCUT2D eigenvalue weighted by Gasteiger charge is -2.14. The highest BCUT2D eigenvalue weighted by atomic mass is 19.1. The molecular formula is C22H18FN3O3. The molecule has 0 aliphatic carbocycles. The molecule has 0 aliphatic rings. The summed E-state index contributed by atoms with van der Waals surface area (Å²) in [4.78, 5) is 24.9. The molecule has 0 fully saturated rings. The number of carbonyl (C=O) groups is 1. The van der Waals surface area contributed by atoms with Crippen LogP contribution in [0.2, 0.25) is 0 Å². The van der Waals surface area contributed by atoms with E-state index in [-0.39, 0.29) is 23.0 Å². The van der Waals surface area contributed by atoms with E-state index in [1.165, 1.54) is 18.2 Å². The van der Waals surface area contributed by atoms with Crippen LogP contribution < -0.4 is 10.7 Å². The zero-order valence-electron chi connectivity index (χ0n) is 15.8. The third-order valence-corrected chi connectivity index (χ3v) is 4.79. The van der Waals surface area contributed by atoms with Crippen molar-refractivity contribution in [2.24, 2.45) is 0 Å². The van der Waals surface area contributed by atoms with Crippen molar-refractivity contribution in [2.75, 3.05) is 0 Å². The van der Waals surface area contributed by atoms with Crippen molar-refractivity contribution in [2.45, 2.75) is 19.9 Å². The molecular weight excluding hydrogens is 373 g/mol. The zero-order valence-corrected chi connectivity index (χ0v) is 15.8. The van der Waals surface area contributed by atoms with Gasteiger partial charge in [0.25, 0.3) is 5.91 Å². The number of rotatable bonds is 4. The van der Waals surface area contributed by atoms with Gasteiger partial charge in [-0.25, -0.2) is 9.07 Å². The molecule has 0 aliphatic heterocycles. The lowest BCUT2D eigenvalue weighted by molar-refractivity contribution is 0.0912. The number of carbonyl (C=O) groups excluding carboxylic acids is 1. The van der Waals surface area contributed by atoms with Crippen LogP contribution in [0.5, 0.6) is 0 Å². The van der Waals surface area contributed by atoms with Crippen molar-refractivity contribution >= 4 is 16.9 Å². The Balaban J connectivity index is 1.58. The van der Waals surface area contributed by atoms with Crippen LogP contribution in [0.25, 0.3) is 16.7 Å². The van der Waals surface area contributed by atoms with Crippen molar-refractivity contribution in [3.63, 3.8) is 0 Å². The molecule has 1 amide bonds. The smallest absolute Gasteiger partial charge is 0.287 e. The first kappa shape index (κ1) is 18.6. The number of nitrogens with zero attached hydrogens (tertiary/aromatic N) is 2. The van der Waals surface area contributed by atoms with Crippen LogP contribution in [0.3, 0.4) is 0 Å². The van der Waals surface area contributed by atoms with Crippen LogP contribution >= 0.6 is 0 Å². The predicted octanol–water partition coefficient (Wildman–Crippen LogP) is 3.92. The maximum Gasteiger partial charge on any atom is 0.287 e. The molecule has 2 heterocycles. The minimum absolute atomic E-state index is 0.0517. The standard InChI is InChI=1S/C22H18FN3O3/c1-13(18-12-24-26(14(18)2)16-9-7-15(23)8-10-16)25-22(28)21-11-19(27)17-5-3-4-6-20(17)29-21/h3-13H,1-2H3,(H,25,28). The molecule has 1 N–H and O–H groups in total. The summed E-state index contributed by atoms with van der Waals surface area (Å²) in [6, 6.07) is 13.6. The van der Waals surface area contributed by atoms with Crippen LogP contribution in [0.15, 0.2) is 70.0 Å². The number of hydrogen-bond acceptors (Lipinski definition) is 4. The second-order valence-corrected chi connectivity index (χ2v) is 6.74. The number of aromatic nitrogens is 2. The molecule has 4 aromatic rings. The molecule has 0 spiro atoms. The molecule has 2 aromatic heterocycles. The number of benzene rings is 2. The van der Waals surface area contributed by atoms with E-state index in [0.717, 1.165) is 11.3 Å². The summed E-state index contributed by atoms with van der Waals surface area (Å²) in [5, 5.41) is 7.60. The number of fused-ring (bicyclic) bond motifs is 1. The molecule has 1 unspecified atom stereocenters. The Kier molecular flexibility index (Phi) is 4.72. The highest BCUT2D eigenvalue weighted by molar-refractivity contribution is 5.93. The molecule has 1 atom stereocenters. The van der Waals surface area contributed by atoms with Crippen LogP contribution in [0, 0.1) is 12.7 Å². The Morgan fingerprint density at radius 3 is 2.66 bits per heavy atom. The molecule has 2 aromatic carbocycles. The maximum atomic E-state index is 13.2. The Bertz CT molecular complexity index is 1260. The average Bonchev–Trinajstić information content (AvgIpc) is 3.10. The van der Waals surface area contributed by atoms with Crippen molar-refractivity contribution in [3.05, 3.63) is 93.9 Å². The summed E-state index contributed by atoms with van der Waals surface area (Å²) in [5.74, 6) is -0.866. The maximum absolute atomic E-state index is 13.2. The molecule has 0 saturated carbocycles.